The van der Waals surface area contributed by atoms with E-state index in [9.17, 15) is 8.42 Å². The number of anilines is 1. The second-order valence-electron chi connectivity index (χ2n) is 6.59. The Morgan fingerprint density at radius 3 is 2.69 bits per heavy atom. The molecule has 0 radical (unpaired) electrons. The van der Waals surface area contributed by atoms with Crippen molar-refractivity contribution in [1.82, 2.24) is 9.71 Å². The normalized spacial score (nSPS) is 21.0. The van der Waals surface area contributed by atoms with E-state index in [0.717, 1.165) is 41.0 Å². The van der Waals surface area contributed by atoms with Crippen LogP contribution in [0, 0.1) is 5.92 Å². The fraction of sp³-hybridized carbons (Fsp3) is 0.588. The molecule has 0 amide bonds. The summed E-state index contributed by atoms with van der Waals surface area (Å²) in [6.07, 6.45) is 4.04. The summed E-state index contributed by atoms with van der Waals surface area (Å²) < 4.78 is 32.1. The van der Waals surface area contributed by atoms with Crippen molar-refractivity contribution >= 4 is 48.3 Å². The molecule has 0 atom stereocenters. The number of nitrogens with zero attached hydrogens (tertiary/aromatic N) is 1. The standard InChI is InChI=1S/C17H24ClN3O3S2/c1-3-26(22,23)19-10-11-4-6-12(7-5-11)20-17-21-14-8-13(18)15(24-2)9-16(14)25-17/h8-9,11-12,19H,3-7,10H2,1-2H3,(H,20,21)/t11-,12-. The van der Waals surface area contributed by atoms with E-state index in [1.165, 1.54) is 0 Å². The van der Waals surface area contributed by atoms with Gasteiger partial charge in [0.05, 0.1) is 28.1 Å². The number of benzene rings is 1. The molecule has 1 aliphatic rings. The summed E-state index contributed by atoms with van der Waals surface area (Å²) in [4.78, 5) is 4.62. The molecule has 0 saturated heterocycles. The number of aromatic nitrogens is 1. The van der Waals surface area contributed by atoms with Crippen molar-refractivity contribution < 1.29 is 13.2 Å². The summed E-state index contributed by atoms with van der Waals surface area (Å²) in [6.45, 7) is 2.20. The van der Waals surface area contributed by atoms with Gasteiger partial charge in [0.25, 0.3) is 0 Å². The van der Waals surface area contributed by atoms with Crippen LogP contribution in [0.1, 0.15) is 32.6 Å². The van der Waals surface area contributed by atoms with Crippen LogP contribution in [0.15, 0.2) is 12.1 Å². The highest BCUT2D eigenvalue weighted by Gasteiger charge is 2.23. The van der Waals surface area contributed by atoms with Gasteiger partial charge < -0.3 is 10.1 Å². The minimum atomic E-state index is -3.10. The first kappa shape index (κ1) is 19.7. The predicted molar refractivity (Wildman–Crippen MR) is 108 cm³/mol. The highest BCUT2D eigenvalue weighted by molar-refractivity contribution is 7.89. The van der Waals surface area contributed by atoms with Gasteiger partial charge in [-0.05, 0) is 44.6 Å². The second kappa shape index (κ2) is 8.29. The Morgan fingerprint density at radius 2 is 2.04 bits per heavy atom. The van der Waals surface area contributed by atoms with E-state index in [0.29, 0.717) is 29.3 Å². The van der Waals surface area contributed by atoms with Gasteiger partial charge >= 0.3 is 0 Å². The number of fused-ring (bicyclic) bond motifs is 1. The molecule has 1 aliphatic carbocycles. The number of halogens is 1. The van der Waals surface area contributed by atoms with Crippen molar-refractivity contribution in [3.63, 3.8) is 0 Å². The molecule has 1 saturated carbocycles. The van der Waals surface area contributed by atoms with Gasteiger partial charge in [0.1, 0.15) is 5.75 Å². The monoisotopic (exact) mass is 417 g/mol. The molecule has 3 rings (SSSR count). The number of nitrogens with one attached hydrogen (secondary N) is 2. The molecule has 1 fully saturated rings. The molecule has 0 unspecified atom stereocenters. The van der Waals surface area contributed by atoms with Crippen molar-refractivity contribution in [1.29, 1.82) is 0 Å². The van der Waals surface area contributed by atoms with Crippen LogP contribution in [0.4, 0.5) is 5.13 Å². The zero-order valence-electron chi connectivity index (χ0n) is 14.9. The van der Waals surface area contributed by atoms with E-state index < -0.39 is 10.0 Å². The maximum atomic E-state index is 11.6. The quantitative estimate of drug-likeness (QED) is 0.714. The maximum Gasteiger partial charge on any atom is 0.211 e. The average molecular weight is 418 g/mol. The highest BCUT2D eigenvalue weighted by atomic mass is 35.5. The number of hydrogen-bond acceptors (Lipinski definition) is 6. The molecule has 1 aromatic carbocycles. The van der Waals surface area contributed by atoms with Crippen LogP contribution >= 0.6 is 22.9 Å². The maximum absolute atomic E-state index is 11.6. The molecule has 1 heterocycles. The Labute approximate surface area is 163 Å². The molecule has 2 N–H and O–H groups in total. The van der Waals surface area contributed by atoms with Crippen LogP contribution in [-0.4, -0.2) is 38.9 Å². The Bertz CT molecular complexity index is 862. The van der Waals surface area contributed by atoms with Gasteiger partial charge in [-0.3, -0.25) is 0 Å². The fourth-order valence-electron chi connectivity index (χ4n) is 3.18. The van der Waals surface area contributed by atoms with Gasteiger partial charge in [-0.25, -0.2) is 18.1 Å². The Morgan fingerprint density at radius 1 is 1.31 bits per heavy atom. The van der Waals surface area contributed by atoms with Crippen molar-refractivity contribution in [2.75, 3.05) is 24.7 Å². The van der Waals surface area contributed by atoms with Crippen molar-refractivity contribution in [2.45, 2.75) is 38.6 Å². The number of hydrogen-bond donors (Lipinski definition) is 2. The molecular formula is C17H24ClN3O3S2. The molecule has 144 valence electrons. The largest absolute Gasteiger partial charge is 0.495 e. The zero-order chi connectivity index (χ0) is 18.7. The fourth-order valence-corrected chi connectivity index (χ4v) is 5.06. The van der Waals surface area contributed by atoms with Gasteiger partial charge in [0.2, 0.25) is 10.0 Å². The molecule has 1 aromatic heterocycles. The SMILES string of the molecule is CCS(=O)(=O)NC[C@H]1CC[C@H](Nc2nc3cc(Cl)c(OC)cc3s2)CC1. The van der Waals surface area contributed by atoms with Crippen molar-refractivity contribution in [2.24, 2.45) is 5.92 Å². The summed E-state index contributed by atoms with van der Waals surface area (Å²) in [7, 11) is -1.50. The molecule has 0 spiro atoms. The van der Waals surface area contributed by atoms with Gasteiger partial charge in [-0.2, -0.15) is 0 Å². The summed E-state index contributed by atoms with van der Waals surface area (Å²) in [5.74, 6) is 1.20. The number of rotatable bonds is 7. The van der Waals surface area contributed by atoms with Crippen LogP contribution in [0.25, 0.3) is 10.2 Å². The lowest BCUT2D eigenvalue weighted by molar-refractivity contribution is 0.337. The number of sulfonamides is 1. The molecule has 2 aromatic rings. The van der Waals surface area contributed by atoms with E-state index in [1.54, 1.807) is 25.4 Å². The van der Waals surface area contributed by atoms with E-state index in [1.807, 2.05) is 12.1 Å². The van der Waals surface area contributed by atoms with Crippen LogP contribution in [0.2, 0.25) is 5.02 Å². The summed E-state index contributed by atoms with van der Waals surface area (Å²) >= 11 is 7.76. The predicted octanol–water partition coefficient (Wildman–Crippen LogP) is 3.87. The van der Waals surface area contributed by atoms with Gasteiger partial charge in [-0.15, -0.1) is 0 Å². The third-order valence-corrected chi connectivity index (χ3v) is 7.42. The topological polar surface area (TPSA) is 80.3 Å². The second-order valence-corrected chi connectivity index (χ2v) is 10.1. The molecule has 6 nitrogen and oxygen atoms in total. The smallest absolute Gasteiger partial charge is 0.211 e. The van der Waals surface area contributed by atoms with Crippen LogP contribution in [0.3, 0.4) is 0 Å². The third kappa shape index (κ3) is 4.79. The summed E-state index contributed by atoms with van der Waals surface area (Å²) in [6, 6.07) is 4.11. The Kier molecular flexibility index (Phi) is 6.27. The van der Waals surface area contributed by atoms with Crippen molar-refractivity contribution in [3.8, 4) is 5.75 Å². The molecular weight excluding hydrogens is 394 g/mol. The molecule has 0 aliphatic heterocycles. The number of thiazole rings is 1. The first-order valence-electron chi connectivity index (χ1n) is 8.78. The Balaban J connectivity index is 1.55. The van der Waals surface area contributed by atoms with Crippen LogP contribution in [-0.2, 0) is 10.0 Å². The van der Waals surface area contributed by atoms with Gasteiger partial charge in [0, 0.05) is 18.7 Å². The molecule has 26 heavy (non-hydrogen) atoms. The van der Waals surface area contributed by atoms with Crippen LogP contribution in [0.5, 0.6) is 5.75 Å². The van der Waals surface area contributed by atoms with Gasteiger partial charge in [0.15, 0.2) is 5.13 Å². The van der Waals surface area contributed by atoms with E-state index in [4.69, 9.17) is 16.3 Å². The molecule has 9 heteroatoms. The van der Waals surface area contributed by atoms with Gasteiger partial charge in [-0.1, -0.05) is 22.9 Å². The lowest BCUT2D eigenvalue weighted by Gasteiger charge is -2.29. The molecule has 0 bridgehead atoms. The van der Waals surface area contributed by atoms with E-state index in [-0.39, 0.29) is 5.75 Å². The first-order chi connectivity index (χ1) is 12.4. The van der Waals surface area contributed by atoms with Crippen molar-refractivity contribution in [3.05, 3.63) is 17.2 Å². The summed E-state index contributed by atoms with van der Waals surface area (Å²) in [5.41, 5.74) is 0.867. The van der Waals surface area contributed by atoms with E-state index in [2.05, 4.69) is 15.0 Å². The first-order valence-corrected chi connectivity index (χ1v) is 11.6. The lowest BCUT2D eigenvalue weighted by Crippen LogP contribution is -2.34. The van der Waals surface area contributed by atoms with E-state index >= 15 is 0 Å². The lowest BCUT2D eigenvalue weighted by atomic mass is 9.86. The number of ether oxygens (including phenoxy) is 1. The minimum absolute atomic E-state index is 0.135. The zero-order valence-corrected chi connectivity index (χ0v) is 17.3. The Hall–Kier alpha value is -1.09. The third-order valence-electron chi connectivity index (χ3n) is 4.81. The van der Waals surface area contributed by atoms with Crippen LogP contribution < -0.4 is 14.8 Å². The highest BCUT2D eigenvalue weighted by Crippen LogP contribution is 2.35. The number of methoxy groups -OCH3 is 1. The average Bonchev–Trinajstić information content (AvgIpc) is 3.01. The summed E-state index contributed by atoms with van der Waals surface area (Å²) in [5, 5.41) is 4.97. The minimum Gasteiger partial charge on any atom is -0.495 e.